The molecule has 0 spiro atoms. The monoisotopic (exact) mass is 415 g/mol. The highest BCUT2D eigenvalue weighted by Crippen LogP contribution is 2.30. The largest absolute Gasteiger partial charge is 0.493 e. The number of hydrogen-bond donors (Lipinski definition) is 1. The Hall–Kier alpha value is -2.64. The number of amides is 1. The summed E-state index contributed by atoms with van der Waals surface area (Å²) in [7, 11) is 3.29. The lowest BCUT2D eigenvalue weighted by atomic mass is 10.1. The summed E-state index contributed by atoms with van der Waals surface area (Å²) in [6, 6.07) is 10.5. The van der Waals surface area contributed by atoms with Crippen LogP contribution in [0.15, 0.2) is 36.4 Å². The third-order valence-electron chi connectivity index (χ3n) is 5.50. The highest BCUT2D eigenvalue weighted by atomic mass is 19.1. The average molecular weight is 416 g/mol. The Labute approximate surface area is 177 Å². The third kappa shape index (κ3) is 5.70. The van der Waals surface area contributed by atoms with Gasteiger partial charge in [0.25, 0.3) is 0 Å². The van der Waals surface area contributed by atoms with Crippen LogP contribution in [0.25, 0.3) is 0 Å². The summed E-state index contributed by atoms with van der Waals surface area (Å²) in [5.41, 5.74) is 2.88. The van der Waals surface area contributed by atoms with E-state index in [0.29, 0.717) is 12.1 Å². The minimum atomic E-state index is -0.295. The first-order valence-electron chi connectivity index (χ1n) is 10.2. The molecule has 1 aliphatic heterocycles. The quantitative estimate of drug-likeness (QED) is 0.718. The van der Waals surface area contributed by atoms with Crippen LogP contribution in [-0.4, -0.2) is 62.7 Å². The van der Waals surface area contributed by atoms with Crippen LogP contribution in [-0.2, 0) is 17.9 Å². The molecule has 0 atom stereocenters. The Kier molecular flexibility index (Phi) is 7.65. The number of ether oxygens (including phenoxy) is 2. The molecule has 1 aliphatic rings. The molecule has 1 amide bonds. The van der Waals surface area contributed by atoms with Crippen LogP contribution in [0.4, 0.5) is 4.39 Å². The Morgan fingerprint density at radius 3 is 2.30 bits per heavy atom. The van der Waals surface area contributed by atoms with E-state index in [9.17, 15) is 9.18 Å². The standard InChI is InChI=1S/C23H30FN3O3/c1-17-12-21(29-2)22(30-3)13-19(17)15-26-8-10-27(11-9-26)16-23(28)25-14-18-6-4-5-7-20(18)24/h4-7,12-13H,8-11,14-16H2,1-3H3,(H,25,28). The summed E-state index contributed by atoms with van der Waals surface area (Å²) >= 11 is 0. The molecule has 2 aromatic carbocycles. The fourth-order valence-corrected chi connectivity index (χ4v) is 3.63. The molecule has 162 valence electrons. The number of piperazine rings is 1. The van der Waals surface area contributed by atoms with E-state index in [1.807, 2.05) is 12.1 Å². The van der Waals surface area contributed by atoms with Gasteiger partial charge in [0.05, 0.1) is 20.8 Å². The molecule has 1 heterocycles. The predicted molar refractivity (Wildman–Crippen MR) is 114 cm³/mol. The number of nitrogens with one attached hydrogen (secondary N) is 1. The molecular formula is C23H30FN3O3. The van der Waals surface area contributed by atoms with Crippen LogP contribution >= 0.6 is 0 Å². The molecule has 0 radical (unpaired) electrons. The maximum absolute atomic E-state index is 13.7. The fourth-order valence-electron chi connectivity index (χ4n) is 3.63. The van der Waals surface area contributed by atoms with Crippen molar-refractivity contribution in [3.05, 3.63) is 58.9 Å². The van der Waals surface area contributed by atoms with E-state index < -0.39 is 0 Å². The van der Waals surface area contributed by atoms with Gasteiger partial charge in [-0.05, 0) is 36.2 Å². The molecule has 6 nitrogen and oxygen atoms in total. The fraction of sp³-hybridized carbons (Fsp3) is 0.435. The zero-order valence-corrected chi connectivity index (χ0v) is 17.9. The van der Waals surface area contributed by atoms with Crippen LogP contribution < -0.4 is 14.8 Å². The maximum atomic E-state index is 13.7. The molecule has 1 N–H and O–H groups in total. The molecule has 7 heteroatoms. The van der Waals surface area contributed by atoms with Crippen LogP contribution in [0.5, 0.6) is 11.5 Å². The number of carbonyl (C=O) groups excluding carboxylic acids is 1. The molecule has 3 rings (SSSR count). The topological polar surface area (TPSA) is 54.0 Å². The lowest BCUT2D eigenvalue weighted by Crippen LogP contribution is -2.49. The third-order valence-corrected chi connectivity index (χ3v) is 5.50. The summed E-state index contributed by atoms with van der Waals surface area (Å²) in [6.07, 6.45) is 0. The summed E-state index contributed by atoms with van der Waals surface area (Å²) in [5, 5.41) is 2.81. The van der Waals surface area contributed by atoms with Crippen molar-refractivity contribution in [3.63, 3.8) is 0 Å². The van der Waals surface area contributed by atoms with E-state index in [2.05, 4.69) is 22.0 Å². The van der Waals surface area contributed by atoms with E-state index in [4.69, 9.17) is 9.47 Å². The van der Waals surface area contributed by atoms with Crippen molar-refractivity contribution in [3.8, 4) is 11.5 Å². The number of rotatable bonds is 8. The lowest BCUT2D eigenvalue weighted by Gasteiger charge is -2.34. The second-order valence-electron chi connectivity index (χ2n) is 7.55. The van der Waals surface area contributed by atoms with Crippen LogP contribution in [0, 0.1) is 12.7 Å². The van der Waals surface area contributed by atoms with Crippen molar-refractivity contribution < 1.29 is 18.7 Å². The van der Waals surface area contributed by atoms with Gasteiger partial charge in [-0.1, -0.05) is 18.2 Å². The molecule has 2 aromatic rings. The highest BCUT2D eigenvalue weighted by molar-refractivity contribution is 5.78. The molecule has 0 aliphatic carbocycles. The smallest absolute Gasteiger partial charge is 0.234 e. The first-order valence-corrected chi connectivity index (χ1v) is 10.2. The first-order chi connectivity index (χ1) is 14.5. The normalized spacial score (nSPS) is 15.1. The first kappa shape index (κ1) is 22.1. The number of carbonyl (C=O) groups is 1. The SMILES string of the molecule is COc1cc(C)c(CN2CCN(CC(=O)NCc3ccccc3F)CC2)cc1OC. The van der Waals surface area contributed by atoms with Crippen molar-refractivity contribution in [1.29, 1.82) is 0 Å². The minimum Gasteiger partial charge on any atom is -0.493 e. The minimum absolute atomic E-state index is 0.0811. The Balaban J connectivity index is 1.46. The van der Waals surface area contributed by atoms with Gasteiger partial charge < -0.3 is 14.8 Å². The number of hydrogen-bond acceptors (Lipinski definition) is 5. The van der Waals surface area contributed by atoms with Crippen molar-refractivity contribution in [2.45, 2.75) is 20.0 Å². The zero-order chi connectivity index (χ0) is 21.5. The van der Waals surface area contributed by atoms with E-state index in [-0.39, 0.29) is 18.3 Å². The molecule has 0 unspecified atom stereocenters. The van der Waals surface area contributed by atoms with Crippen LogP contribution in [0.1, 0.15) is 16.7 Å². The second kappa shape index (κ2) is 10.4. The van der Waals surface area contributed by atoms with Gasteiger partial charge in [-0.3, -0.25) is 14.6 Å². The van der Waals surface area contributed by atoms with Crippen molar-refractivity contribution >= 4 is 5.91 Å². The second-order valence-corrected chi connectivity index (χ2v) is 7.55. The predicted octanol–water partition coefficient (Wildman–Crippen LogP) is 2.59. The van der Waals surface area contributed by atoms with Gasteiger partial charge in [0.1, 0.15) is 5.82 Å². The maximum Gasteiger partial charge on any atom is 0.234 e. The van der Waals surface area contributed by atoms with E-state index in [1.165, 1.54) is 17.2 Å². The number of halogens is 1. The van der Waals surface area contributed by atoms with Crippen molar-refractivity contribution in [2.75, 3.05) is 46.9 Å². The van der Waals surface area contributed by atoms with E-state index in [1.54, 1.807) is 32.4 Å². The molecule has 1 saturated heterocycles. The molecule has 0 aromatic heterocycles. The Morgan fingerprint density at radius 1 is 1.00 bits per heavy atom. The van der Waals surface area contributed by atoms with Gasteiger partial charge in [0.15, 0.2) is 11.5 Å². The number of nitrogens with zero attached hydrogens (tertiary/aromatic N) is 2. The van der Waals surface area contributed by atoms with Gasteiger partial charge >= 0.3 is 0 Å². The molecule has 30 heavy (non-hydrogen) atoms. The van der Waals surface area contributed by atoms with Gasteiger partial charge in [-0.2, -0.15) is 0 Å². The Morgan fingerprint density at radius 2 is 1.63 bits per heavy atom. The van der Waals surface area contributed by atoms with Gasteiger partial charge in [0.2, 0.25) is 5.91 Å². The summed E-state index contributed by atoms with van der Waals surface area (Å²) in [5.74, 6) is 1.10. The molecule has 1 fully saturated rings. The number of aryl methyl sites for hydroxylation is 1. The molecule has 0 saturated carbocycles. The van der Waals surface area contributed by atoms with Gasteiger partial charge in [0, 0.05) is 44.8 Å². The summed E-state index contributed by atoms with van der Waals surface area (Å²) in [6.45, 7) is 6.86. The number of benzene rings is 2. The molecule has 0 bridgehead atoms. The zero-order valence-electron chi connectivity index (χ0n) is 17.9. The average Bonchev–Trinajstić information content (AvgIpc) is 2.75. The van der Waals surface area contributed by atoms with Crippen molar-refractivity contribution in [1.82, 2.24) is 15.1 Å². The van der Waals surface area contributed by atoms with Gasteiger partial charge in [-0.25, -0.2) is 4.39 Å². The van der Waals surface area contributed by atoms with Crippen LogP contribution in [0.2, 0.25) is 0 Å². The summed E-state index contributed by atoms with van der Waals surface area (Å²) in [4.78, 5) is 16.7. The van der Waals surface area contributed by atoms with E-state index >= 15 is 0 Å². The highest BCUT2D eigenvalue weighted by Gasteiger charge is 2.20. The van der Waals surface area contributed by atoms with Crippen LogP contribution in [0.3, 0.4) is 0 Å². The Bertz CT molecular complexity index is 867. The van der Waals surface area contributed by atoms with Crippen molar-refractivity contribution in [2.24, 2.45) is 0 Å². The van der Waals surface area contributed by atoms with Gasteiger partial charge in [-0.15, -0.1) is 0 Å². The lowest BCUT2D eigenvalue weighted by molar-refractivity contribution is -0.122. The molecular weight excluding hydrogens is 385 g/mol. The van der Waals surface area contributed by atoms with E-state index in [0.717, 1.165) is 44.2 Å². The number of methoxy groups -OCH3 is 2. The summed E-state index contributed by atoms with van der Waals surface area (Å²) < 4.78 is 24.4.